The van der Waals surface area contributed by atoms with Gasteiger partial charge in [-0.15, -0.1) is 68.0 Å². The summed E-state index contributed by atoms with van der Waals surface area (Å²) in [5.41, 5.74) is 2.49. The highest BCUT2D eigenvalue weighted by molar-refractivity contribution is 7.31. The van der Waals surface area contributed by atoms with Gasteiger partial charge < -0.3 is 4.74 Å². The number of carbonyl (C=O) groups excluding carboxylic acids is 4. The standard InChI is InChI=1S/C37H26O5S6/c1-35(2)19-9-23(45-29(19)27-17(33(35)40)7-15(13-38)43-27)25-11-21-31(47-25)32-22(42-37(21,5)6)12-26(48-32)24-10-20-30(46-24)28-18(8-16(14-39)44-28)34(41)36(20,3)4/h7-14H,1-6H3. The molecule has 5 nitrogen and oxygen atoms in total. The third kappa shape index (κ3) is 4.03. The van der Waals surface area contributed by atoms with Gasteiger partial charge in [-0.25, -0.2) is 0 Å². The minimum atomic E-state index is -0.693. The van der Waals surface area contributed by atoms with E-state index in [1.54, 1.807) is 57.5 Å². The maximum atomic E-state index is 13.5. The van der Waals surface area contributed by atoms with Gasteiger partial charge >= 0.3 is 0 Å². The minimum absolute atomic E-state index is 0.0486. The predicted octanol–water partition coefficient (Wildman–Crippen LogP) is 11.6. The van der Waals surface area contributed by atoms with Crippen molar-refractivity contribution >= 4 is 92.2 Å². The lowest BCUT2D eigenvalue weighted by molar-refractivity contribution is 0.0901. The molecule has 240 valence electrons. The second-order valence-electron chi connectivity index (χ2n) is 13.9. The fraction of sp³-hybridized carbons (Fsp3) is 0.243. The van der Waals surface area contributed by atoms with Gasteiger partial charge in [-0.3, -0.25) is 19.2 Å². The maximum Gasteiger partial charge on any atom is 0.174 e. The topological polar surface area (TPSA) is 77.5 Å². The first-order chi connectivity index (χ1) is 22.7. The zero-order valence-corrected chi connectivity index (χ0v) is 31.5. The van der Waals surface area contributed by atoms with Gasteiger partial charge in [0.2, 0.25) is 0 Å². The van der Waals surface area contributed by atoms with E-state index < -0.39 is 16.4 Å². The molecule has 0 amide bonds. The van der Waals surface area contributed by atoms with Gasteiger partial charge in [0.05, 0.1) is 40.1 Å². The van der Waals surface area contributed by atoms with Gasteiger partial charge in [0.1, 0.15) is 11.4 Å². The fourth-order valence-electron chi connectivity index (χ4n) is 7.01. The Labute approximate surface area is 300 Å². The Kier molecular flexibility index (Phi) is 6.33. The number of ether oxygens (including phenoxy) is 1. The Morgan fingerprint density at radius 2 is 0.896 bits per heavy atom. The molecular weight excluding hydrogens is 717 g/mol. The molecule has 0 spiro atoms. The van der Waals surface area contributed by atoms with Crippen molar-refractivity contribution in [2.45, 2.75) is 58.0 Å². The van der Waals surface area contributed by atoms with E-state index in [9.17, 15) is 19.2 Å². The van der Waals surface area contributed by atoms with E-state index in [1.165, 1.54) is 27.6 Å². The number of carbonyl (C=O) groups is 4. The Hall–Kier alpha value is -3.32. The molecule has 11 heteroatoms. The molecular formula is C37H26O5S6. The lowest BCUT2D eigenvalue weighted by Gasteiger charge is -2.31. The van der Waals surface area contributed by atoms with Crippen LogP contribution in [0, 0.1) is 0 Å². The van der Waals surface area contributed by atoms with Crippen LogP contribution in [0.4, 0.5) is 0 Å². The quantitative estimate of drug-likeness (QED) is 0.168. The minimum Gasteiger partial charge on any atom is -0.482 e. The zero-order valence-electron chi connectivity index (χ0n) is 26.6. The molecule has 6 aromatic rings. The number of Topliss-reactive ketones (excluding diaryl/α,β-unsaturated/α-hetero) is 2. The Morgan fingerprint density at radius 3 is 1.35 bits per heavy atom. The van der Waals surface area contributed by atoms with Crippen LogP contribution in [0.1, 0.15) is 98.3 Å². The van der Waals surface area contributed by atoms with Crippen LogP contribution in [-0.2, 0) is 16.4 Å². The van der Waals surface area contributed by atoms with E-state index in [1.807, 2.05) is 27.7 Å². The molecule has 0 saturated heterocycles. The average Bonchev–Trinajstić information content (AvgIpc) is 3.87. The van der Waals surface area contributed by atoms with E-state index in [0.29, 0.717) is 20.9 Å². The Morgan fingerprint density at radius 1 is 0.500 bits per heavy atom. The van der Waals surface area contributed by atoms with Crippen molar-refractivity contribution in [1.82, 2.24) is 0 Å². The van der Waals surface area contributed by atoms with Crippen LogP contribution in [0.2, 0.25) is 0 Å². The van der Waals surface area contributed by atoms with Gasteiger partial charge in [-0.1, -0.05) is 0 Å². The number of hydrogen-bond acceptors (Lipinski definition) is 11. The summed E-state index contributed by atoms with van der Waals surface area (Å²) in [7, 11) is 0. The summed E-state index contributed by atoms with van der Waals surface area (Å²) in [5, 5.41) is 0. The summed E-state index contributed by atoms with van der Waals surface area (Å²) in [4.78, 5) is 62.0. The molecule has 9 rings (SSSR count). The van der Waals surface area contributed by atoms with E-state index in [4.69, 9.17) is 4.74 Å². The molecule has 3 aliphatic rings. The van der Waals surface area contributed by atoms with Crippen LogP contribution in [0.5, 0.6) is 5.75 Å². The molecule has 0 atom stereocenters. The summed E-state index contributed by atoms with van der Waals surface area (Å²) in [6, 6.07) is 12.2. The summed E-state index contributed by atoms with van der Waals surface area (Å²) < 4.78 is 6.68. The van der Waals surface area contributed by atoms with Gasteiger partial charge in [-0.2, -0.15) is 0 Å². The van der Waals surface area contributed by atoms with E-state index in [0.717, 1.165) is 78.9 Å². The smallest absolute Gasteiger partial charge is 0.174 e. The van der Waals surface area contributed by atoms with Crippen LogP contribution in [0.15, 0.2) is 36.4 Å². The molecule has 1 aliphatic heterocycles. The lowest BCUT2D eigenvalue weighted by Crippen LogP contribution is -2.31. The molecule has 2 aliphatic carbocycles. The summed E-state index contributed by atoms with van der Waals surface area (Å²) in [5.74, 6) is 0.953. The Balaban J connectivity index is 1.15. The fourth-order valence-corrected chi connectivity index (χ4v) is 14.6. The number of hydrogen-bond donors (Lipinski definition) is 0. The van der Waals surface area contributed by atoms with Crippen molar-refractivity contribution in [2.75, 3.05) is 0 Å². The largest absolute Gasteiger partial charge is 0.482 e. The second-order valence-corrected chi connectivity index (χ2v) is 20.3. The molecule has 0 aromatic carbocycles. The highest BCUT2D eigenvalue weighted by atomic mass is 32.1. The predicted molar refractivity (Wildman–Crippen MR) is 200 cm³/mol. The monoisotopic (exact) mass is 742 g/mol. The maximum absolute atomic E-state index is 13.5. The van der Waals surface area contributed by atoms with Crippen LogP contribution in [0.25, 0.3) is 48.8 Å². The first-order valence-corrected chi connectivity index (χ1v) is 20.2. The van der Waals surface area contributed by atoms with E-state index in [2.05, 4.69) is 38.1 Å². The summed E-state index contributed by atoms with van der Waals surface area (Å²) in [6.45, 7) is 12.1. The van der Waals surface area contributed by atoms with Gasteiger partial charge in [0.15, 0.2) is 24.1 Å². The molecule has 0 unspecified atom stereocenters. The SMILES string of the molecule is CC1(C)Oc2cc(-c3cc4c(s3)-c3sc(C=O)cc3C(=O)C4(C)C)sc2-c2sc(-c3cc4c(s3)-c3sc(C=O)cc3C(=O)C4(C)C)cc21. The van der Waals surface area contributed by atoms with Crippen molar-refractivity contribution in [3.63, 3.8) is 0 Å². The van der Waals surface area contributed by atoms with Gasteiger partial charge in [0.25, 0.3) is 0 Å². The van der Waals surface area contributed by atoms with Crippen molar-refractivity contribution in [3.05, 3.63) is 74.0 Å². The van der Waals surface area contributed by atoms with Crippen molar-refractivity contribution in [1.29, 1.82) is 0 Å². The van der Waals surface area contributed by atoms with E-state index >= 15 is 0 Å². The Bertz CT molecular complexity index is 2440. The normalized spacial score (nSPS) is 17.5. The van der Waals surface area contributed by atoms with Crippen molar-refractivity contribution in [3.8, 4) is 54.5 Å². The van der Waals surface area contributed by atoms with Crippen LogP contribution in [-0.4, -0.2) is 24.1 Å². The van der Waals surface area contributed by atoms with Crippen LogP contribution < -0.4 is 4.74 Å². The number of aldehydes is 2. The molecule has 48 heavy (non-hydrogen) atoms. The second kappa shape index (κ2) is 9.89. The molecule has 0 bridgehead atoms. The van der Waals surface area contributed by atoms with Crippen molar-refractivity contribution in [2.24, 2.45) is 0 Å². The van der Waals surface area contributed by atoms with Gasteiger partial charge in [-0.05, 0) is 83.0 Å². The third-order valence-corrected chi connectivity index (χ3v) is 17.2. The molecule has 0 N–H and O–H groups in total. The molecule has 7 heterocycles. The lowest BCUT2D eigenvalue weighted by atomic mass is 9.74. The summed E-state index contributed by atoms with van der Waals surface area (Å²) in [6.07, 6.45) is 1.65. The van der Waals surface area contributed by atoms with Crippen LogP contribution >= 0.6 is 68.0 Å². The van der Waals surface area contributed by atoms with E-state index in [-0.39, 0.29) is 11.6 Å². The number of fused-ring (bicyclic) bond motifs is 9. The average molecular weight is 743 g/mol. The highest BCUT2D eigenvalue weighted by Crippen LogP contribution is 2.59. The highest BCUT2D eigenvalue weighted by Gasteiger charge is 2.44. The van der Waals surface area contributed by atoms with Crippen molar-refractivity contribution < 1.29 is 23.9 Å². The zero-order chi connectivity index (χ0) is 33.7. The number of thiophene rings is 6. The number of ketones is 2. The first-order valence-electron chi connectivity index (χ1n) is 15.3. The molecule has 6 aromatic heterocycles. The number of rotatable bonds is 4. The molecule has 0 fully saturated rings. The third-order valence-electron chi connectivity index (χ3n) is 9.72. The molecule has 0 radical (unpaired) electrons. The van der Waals surface area contributed by atoms with Crippen LogP contribution in [0.3, 0.4) is 0 Å². The molecule has 0 saturated carbocycles. The summed E-state index contributed by atoms with van der Waals surface area (Å²) >= 11 is 9.60. The van der Waals surface area contributed by atoms with Gasteiger partial charge in [0, 0.05) is 52.0 Å². The first kappa shape index (κ1) is 30.7.